The van der Waals surface area contributed by atoms with Crippen LogP contribution in [-0.4, -0.2) is 47.8 Å². The summed E-state index contributed by atoms with van der Waals surface area (Å²) in [6.45, 7) is 7.54. The van der Waals surface area contributed by atoms with Gasteiger partial charge >= 0.3 is 0 Å². The van der Waals surface area contributed by atoms with Gasteiger partial charge in [0.15, 0.2) is 6.54 Å². The van der Waals surface area contributed by atoms with Crippen molar-refractivity contribution in [3.63, 3.8) is 0 Å². The summed E-state index contributed by atoms with van der Waals surface area (Å²) < 4.78 is 0. The Morgan fingerprint density at radius 2 is 1.41 bits per heavy atom. The Hall–Kier alpha value is -1.65. The van der Waals surface area contributed by atoms with Gasteiger partial charge in [0, 0.05) is 25.9 Å². The lowest BCUT2D eigenvalue weighted by atomic mass is 9.93. The molecule has 2 aromatic carbocycles. The van der Waals surface area contributed by atoms with Crippen molar-refractivity contribution in [2.24, 2.45) is 0 Å². The first-order chi connectivity index (χ1) is 17.9. The number of carbonyl (C=O) groups is 2. The van der Waals surface area contributed by atoms with E-state index in [-0.39, 0.29) is 43.2 Å². The van der Waals surface area contributed by atoms with E-state index in [4.69, 9.17) is 0 Å². The average Bonchev–Trinajstić information content (AvgIpc) is 2.93. The molecule has 2 aromatic rings. The minimum absolute atomic E-state index is 0. The molecule has 0 fully saturated rings. The van der Waals surface area contributed by atoms with Crippen molar-refractivity contribution < 1.29 is 40.1 Å². The highest BCUT2D eigenvalue weighted by atomic mass is 35.5. The van der Waals surface area contributed by atoms with Crippen LogP contribution in [0.15, 0.2) is 48.5 Å². The second kappa shape index (κ2) is 17.9. The summed E-state index contributed by atoms with van der Waals surface area (Å²) in [7, 11) is -1.02. The van der Waals surface area contributed by atoms with Crippen LogP contribution in [0.25, 0.3) is 0 Å². The summed E-state index contributed by atoms with van der Waals surface area (Å²) in [4.78, 5) is 27.7. The number of carbonyl (C=O) groups excluding carboxylic acids is 2. The average molecular weight is 597 g/mol. The standard InChI is InChI=1S/C31H46N3O2P.2ClH/c1-4-7-18-37(19-8-5-2,20-9-6-3)24-25-14-16-28(17-15-25)33-31(36)29-21-26-12-10-11-13-27(26)23-34(29)30(35)22-32;;/h10-17,29H,4-9,18-24,32H2,1-3H3;2*1H. The molecule has 2 amide bonds. The van der Waals surface area contributed by atoms with Gasteiger partial charge in [0.05, 0.1) is 24.6 Å². The van der Waals surface area contributed by atoms with E-state index < -0.39 is 13.3 Å². The molecule has 39 heavy (non-hydrogen) atoms. The molecule has 0 aliphatic carbocycles. The smallest absolute Gasteiger partial charge is 0.278 e. The summed E-state index contributed by atoms with van der Waals surface area (Å²) in [5.74, 6) is -0.212. The Bertz CT molecular complexity index is 997. The molecule has 1 atom stereocenters. The maximum Gasteiger partial charge on any atom is 0.278 e. The molecule has 0 bridgehead atoms. The van der Waals surface area contributed by atoms with Gasteiger partial charge in [-0.25, -0.2) is 0 Å². The summed E-state index contributed by atoms with van der Waals surface area (Å²) >= 11 is 0. The van der Waals surface area contributed by atoms with Crippen molar-refractivity contribution >= 4 is 24.8 Å². The normalized spacial score (nSPS) is 14.6. The third-order valence-electron chi connectivity index (χ3n) is 7.78. The van der Waals surface area contributed by atoms with Crippen molar-refractivity contribution in [3.05, 3.63) is 65.2 Å². The van der Waals surface area contributed by atoms with E-state index in [9.17, 15) is 9.59 Å². The first-order valence-electron chi connectivity index (χ1n) is 14.4. The fourth-order valence-electron chi connectivity index (χ4n) is 5.52. The number of unbranched alkanes of at least 4 members (excludes halogenated alkanes) is 3. The van der Waals surface area contributed by atoms with Crippen molar-refractivity contribution in [2.75, 3.05) is 30.3 Å². The molecular formula is C31H48Cl2N3O2P. The number of nitrogens with one attached hydrogen (secondary N) is 1. The van der Waals surface area contributed by atoms with Crippen LogP contribution in [0.3, 0.4) is 0 Å². The van der Waals surface area contributed by atoms with Gasteiger partial charge in [0.25, 0.3) is 5.91 Å². The van der Waals surface area contributed by atoms with Gasteiger partial charge in [0.2, 0.25) is 5.91 Å². The predicted octanol–water partition coefficient (Wildman–Crippen LogP) is -0.254. The molecule has 1 aliphatic rings. The van der Waals surface area contributed by atoms with Crippen molar-refractivity contribution in [1.29, 1.82) is 0 Å². The number of halogens is 2. The summed E-state index contributed by atoms with van der Waals surface area (Å²) in [6.07, 6.45) is 13.8. The lowest BCUT2D eigenvalue weighted by molar-refractivity contribution is -0.357. The summed E-state index contributed by atoms with van der Waals surface area (Å²) in [5, 5.41) is 3.10. The van der Waals surface area contributed by atoms with Gasteiger partial charge in [-0.05, 0) is 48.1 Å². The number of quaternary nitrogens is 1. The molecule has 4 N–H and O–H groups in total. The summed E-state index contributed by atoms with van der Waals surface area (Å²) in [6, 6.07) is 16.1. The van der Waals surface area contributed by atoms with E-state index in [1.165, 1.54) is 68.7 Å². The Balaban J connectivity index is 0.00000380. The van der Waals surface area contributed by atoms with Crippen LogP contribution < -0.4 is 35.9 Å². The van der Waals surface area contributed by atoms with E-state index in [1.807, 2.05) is 30.3 Å². The molecule has 8 heteroatoms. The fraction of sp³-hybridized carbons (Fsp3) is 0.548. The predicted molar refractivity (Wildman–Crippen MR) is 157 cm³/mol. The number of anilines is 1. The minimum Gasteiger partial charge on any atom is -1.00 e. The highest BCUT2D eigenvalue weighted by Crippen LogP contribution is 2.63. The molecule has 1 aliphatic heterocycles. The topological polar surface area (TPSA) is 77.1 Å². The maximum atomic E-state index is 13.4. The van der Waals surface area contributed by atoms with Crippen LogP contribution in [0.4, 0.5) is 5.69 Å². The largest absolute Gasteiger partial charge is 1.00 e. The van der Waals surface area contributed by atoms with Gasteiger partial charge in [-0.1, -0.05) is 76.4 Å². The molecule has 1 heterocycles. The van der Waals surface area contributed by atoms with Crippen LogP contribution in [0.1, 0.15) is 76.0 Å². The quantitative estimate of drug-likeness (QED) is 0.295. The van der Waals surface area contributed by atoms with E-state index in [0.717, 1.165) is 16.8 Å². The van der Waals surface area contributed by atoms with Gasteiger partial charge in [0.1, 0.15) is 6.04 Å². The van der Waals surface area contributed by atoms with Gasteiger partial charge in [-0.3, -0.25) is 9.59 Å². The zero-order valence-corrected chi connectivity index (χ0v) is 26.5. The van der Waals surface area contributed by atoms with E-state index >= 15 is 0 Å². The van der Waals surface area contributed by atoms with Crippen molar-refractivity contribution in [1.82, 2.24) is 4.90 Å². The van der Waals surface area contributed by atoms with Crippen molar-refractivity contribution in [3.8, 4) is 0 Å². The fourth-order valence-corrected chi connectivity index (χ4v) is 10.6. The van der Waals surface area contributed by atoms with Crippen LogP contribution in [-0.2, 0) is 28.7 Å². The van der Waals surface area contributed by atoms with Crippen LogP contribution in [0.5, 0.6) is 0 Å². The molecule has 1 unspecified atom stereocenters. The third-order valence-corrected chi connectivity index (χ3v) is 12.6. The molecule has 5 nitrogen and oxygen atoms in total. The highest BCUT2D eigenvalue weighted by Gasteiger charge is 2.36. The molecule has 0 radical (unpaired) electrons. The molecule has 0 aromatic heterocycles. The first kappa shape index (κ1) is 35.4. The number of amides is 2. The van der Waals surface area contributed by atoms with Gasteiger partial charge in [-0.2, -0.15) is 0 Å². The lowest BCUT2D eigenvalue weighted by Gasteiger charge is -2.35. The number of hydrogen-bond donors (Lipinski definition) is 2. The second-order valence-electron chi connectivity index (χ2n) is 10.7. The van der Waals surface area contributed by atoms with Crippen LogP contribution >= 0.6 is 7.26 Å². The molecule has 0 saturated carbocycles. The summed E-state index contributed by atoms with van der Waals surface area (Å²) in [5.41, 5.74) is 8.21. The zero-order chi connectivity index (χ0) is 26.7. The highest BCUT2D eigenvalue weighted by molar-refractivity contribution is 7.75. The monoisotopic (exact) mass is 595 g/mol. The second-order valence-corrected chi connectivity index (χ2v) is 15.0. The van der Waals surface area contributed by atoms with Gasteiger partial charge in [-0.15, -0.1) is 0 Å². The number of rotatable bonds is 14. The first-order valence-corrected chi connectivity index (χ1v) is 16.9. The third kappa shape index (κ3) is 10.0. The number of nitrogens with zero attached hydrogens (tertiary/aromatic N) is 1. The number of benzene rings is 2. The maximum absolute atomic E-state index is 13.4. The SMILES string of the molecule is CCCC[P+](CCCC)(CCCC)Cc1ccc(NC(=O)C2Cc3ccccc3CN2C(=O)C[NH3+])cc1.[Cl-].[Cl-]. The molecular weight excluding hydrogens is 548 g/mol. The van der Waals surface area contributed by atoms with E-state index in [1.54, 1.807) is 4.90 Å². The Morgan fingerprint density at radius 3 is 1.92 bits per heavy atom. The Labute approximate surface area is 249 Å². The Morgan fingerprint density at radius 1 is 0.872 bits per heavy atom. The van der Waals surface area contributed by atoms with E-state index in [2.05, 4.69) is 50.0 Å². The molecule has 0 spiro atoms. The number of fused-ring (bicyclic) bond motifs is 1. The molecule has 0 saturated heterocycles. The van der Waals surface area contributed by atoms with Crippen molar-refractivity contribution in [2.45, 2.75) is 84.5 Å². The molecule has 3 rings (SSSR count). The van der Waals surface area contributed by atoms with E-state index in [0.29, 0.717) is 13.0 Å². The van der Waals surface area contributed by atoms with Crippen LogP contribution in [0.2, 0.25) is 0 Å². The number of hydrogen-bond acceptors (Lipinski definition) is 2. The molecule has 218 valence electrons. The Kier molecular flexibility index (Phi) is 16.3. The minimum atomic E-state index is -1.02. The lowest BCUT2D eigenvalue weighted by Crippen LogP contribution is -3.00. The zero-order valence-electron chi connectivity index (χ0n) is 24.1. The van der Waals surface area contributed by atoms with Gasteiger partial charge < -0.3 is 40.8 Å². The van der Waals surface area contributed by atoms with Crippen LogP contribution in [0, 0.1) is 0 Å².